The number of pyridine rings is 1. The molecule has 0 amide bonds. The molecule has 2 unspecified atom stereocenters. The van der Waals surface area contributed by atoms with Crippen LogP contribution in [0.2, 0.25) is 0 Å². The molecule has 1 fully saturated rings. The molecule has 1 aliphatic rings. The first-order valence-electron chi connectivity index (χ1n) is 7.23. The number of halogens is 1. The summed E-state index contributed by atoms with van der Waals surface area (Å²) in [4.78, 5) is 3.86. The highest BCUT2D eigenvalue weighted by Gasteiger charge is 2.27. The van der Waals surface area contributed by atoms with Crippen molar-refractivity contribution in [2.45, 2.75) is 51.7 Å². The maximum absolute atomic E-state index is 13.1. The lowest BCUT2D eigenvalue weighted by molar-refractivity contribution is -0.0271. The molecule has 0 aromatic carbocycles. The molecule has 106 valence electrons. The van der Waals surface area contributed by atoms with E-state index in [1.807, 2.05) is 6.07 Å². The monoisotopic (exact) mass is 266 g/mol. The van der Waals surface area contributed by atoms with Crippen molar-refractivity contribution in [1.29, 1.82) is 0 Å². The second-order valence-electron chi connectivity index (χ2n) is 5.20. The molecule has 0 bridgehead atoms. The minimum absolute atomic E-state index is 0.315. The lowest BCUT2D eigenvalue weighted by Gasteiger charge is -2.34. The van der Waals surface area contributed by atoms with E-state index >= 15 is 0 Å². The van der Waals surface area contributed by atoms with Crippen LogP contribution in [-0.4, -0.2) is 23.7 Å². The molecule has 2 rings (SSSR count). The molecule has 1 aliphatic heterocycles. The molecule has 4 heteroatoms. The van der Waals surface area contributed by atoms with Gasteiger partial charge >= 0.3 is 0 Å². The Morgan fingerprint density at radius 2 is 2.21 bits per heavy atom. The van der Waals surface area contributed by atoms with Crippen molar-refractivity contribution in [2.75, 3.05) is 11.9 Å². The fourth-order valence-electron chi connectivity index (χ4n) is 2.80. The summed E-state index contributed by atoms with van der Waals surface area (Å²) in [5.41, 5.74) is 0. The summed E-state index contributed by atoms with van der Waals surface area (Å²) >= 11 is 0. The number of nitrogens with one attached hydrogen (secondary N) is 1. The van der Waals surface area contributed by atoms with Gasteiger partial charge in [-0.2, -0.15) is 4.39 Å². The minimum Gasteiger partial charge on any atom is -0.378 e. The van der Waals surface area contributed by atoms with Crippen molar-refractivity contribution >= 4 is 5.82 Å². The van der Waals surface area contributed by atoms with Gasteiger partial charge in [0, 0.05) is 12.6 Å². The number of rotatable bonds is 5. The van der Waals surface area contributed by atoms with Crippen LogP contribution in [0, 0.1) is 11.9 Å². The van der Waals surface area contributed by atoms with Gasteiger partial charge in [-0.3, -0.25) is 0 Å². The zero-order valence-corrected chi connectivity index (χ0v) is 11.7. The zero-order valence-electron chi connectivity index (χ0n) is 11.7. The van der Waals surface area contributed by atoms with E-state index in [0.717, 1.165) is 32.3 Å². The minimum atomic E-state index is -0.436. The highest BCUT2D eigenvalue weighted by molar-refractivity contribution is 5.34. The number of hydrogen-bond acceptors (Lipinski definition) is 3. The number of hydrogen-bond donors (Lipinski definition) is 1. The van der Waals surface area contributed by atoms with Crippen molar-refractivity contribution in [1.82, 2.24) is 4.98 Å². The van der Waals surface area contributed by atoms with Gasteiger partial charge in [-0.15, -0.1) is 0 Å². The first-order valence-corrected chi connectivity index (χ1v) is 7.23. The molecule has 1 aromatic heterocycles. The van der Waals surface area contributed by atoms with Crippen LogP contribution in [0.15, 0.2) is 18.2 Å². The Morgan fingerprint density at radius 1 is 1.42 bits per heavy atom. The van der Waals surface area contributed by atoms with Gasteiger partial charge in [-0.1, -0.05) is 32.8 Å². The summed E-state index contributed by atoms with van der Waals surface area (Å²) in [5, 5.41) is 3.32. The summed E-state index contributed by atoms with van der Waals surface area (Å²) in [6.07, 6.45) is 4.53. The van der Waals surface area contributed by atoms with E-state index in [2.05, 4.69) is 24.1 Å². The van der Waals surface area contributed by atoms with Gasteiger partial charge in [0.1, 0.15) is 5.82 Å². The van der Waals surface area contributed by atoms with E-state index in [1.54, 1.807) is 6.07 Å². The third kappa shape index (κ3) is 3.90. The fraction of sp³-hybridized carbons (Fsp3) is 0.667. The molecule has 0 aliphatic carbocycles. The van der Waals surface area contributed by atoms with Gasteiger partial charge < -0.3 is 10.1 Å². The summed E-state index contributed by atoms with van der Waals surface area (Å²) in [6.45, 7) is 5.19. The highest BCUT2D eigenvalue weighted by atomic mass is 19.1. The molecule has 1 N–H and O–H groups in total. The molecule has 0 saturated carbocycles. The van der Waals surface area contributed by atoms with Gasteiger partial charge in [-0.25, -0.2) is 4.98 Å². The molecule has 0 spiro atoms. The van der Waals surface area contributed by atoms with E-state index in [9.17, 15) is 4.39 Å². The summed E-state index contributed by atoms with van der Waals surface area (Å²) < 4.78 is 18.9. The van der Waals surface area contributed by atoms with Gasteiger partial charge in [0.2, 0.25) is 5.95 Å². The fourth-order valence-corrected chi connectivity index (χ4v) is 2.80. The standard InChI is InChI=1S/C15H23FN2O/c1-3-11(4-2)13-10-12(8-9-19-13)17-15-7-5-6-14(16)18-15/h5-7,11-13H,3-4,8-10H2,1-2H3,(H,17,18). The maximum Gasteiger partial charge on any atom is 0.214 e. The Bertz CT molecular complexity index is 395. The topological polar surface area (TPSA) is 34.2 Å². The second kappa shape index (κ2) is 6.85. The van der Waals surface area contributed by atoms with Crippen LogP contribution in [0.5, 0.6) is 0 Å². The van der Waals surface area contributed by atoms with Crippen LogP contribution in [0.25, 0.3) is 0 Å². The molecule has 3 nitrogen and oxygen atoms in total. The molecular formula is C15H23FN2O. The van der Waals surface area contributed by atoms with E-state index in [4.69, 9.17) is 4.74 Å². The van der Waals surface area contributed by atoms with Gasteiger partial charge in [0.25, 0.3) is 0 Å². The van der Waals surface area contributed by atoms with Gasteiger partial charge in [0.15, 0.2) is 0 Å². The van der Waals surface area contributed by atoms with Crippen molar-refractivity contribution in [3.63, 3.8) is 0 Å². The molecule has 1 aromatic rings. The summed E-state index contributed by atoms with van der Waals surface area (Å²) in [5.74, 6) is 0.800. The molecular weight excluding hydrogens is 243 g/mol. The lowest BCUT2D eigenvalue weighted by atomic mass is 9.89. The number of aromatic nitrogens is 1. The third-order valence-electron chi connectivity index (χ3n) is 3.96. The number of ether oxygens (including phenoxy) is 1. The predicted octanol–water partition coefficient (Wildman–Crippen LogP) is 3.62. The number of anilines is 1. The van der Waals surface area contributed by atoms with Crippen LogP contribution in [0.4, 0.5) is 10.2 Å². The Kier molecular flexibility index (Phi) is 5.14. The number of nitrogens with zero attached hydrogens (tertiary/aromatic N) is 1. The van der Waals surface area contributed by atoms with Crippen molar-refractivity contribution in [2.24, 2.45) is 5.92 Å². The largest absolute Gasteiger partial charge is 0.378 e. The Morgan fingerprint density at radius 3 is 2.89 bits per heavy atom. The van der Waals surface area contributed by atoms with Crippen LogP contribution in [0.3, 0.4) is 0 Å². The smallest absolute Gasteiger partial charge is 0.214 e. The quantitative estimate of drug-likeness (QED) is 0.827. The Labute approximate surface area is 114 Å². The Balaban J connectivity index is 1.94. The highest BCUT2D eigenvalue weighted by Crippen LogP contribution is 2.26. The van der Waals surface area contributed by atoms with Crippen LogP contribution < -0.4 is 5.32 Å². The SMILES string of the molecule is CCC(CC)C1CC(Nc2cccc(F)n2)CCO1. The van der Waals surface area contributed by atoms with E-state index < -0.39 is 5.95 Å². The van der Waals surface area contributed by atoms with E-state index in [-0.39, 0.29) is 0 Å². The van der Waals surface area contributed by atoms with Gasteiger partial charge in [0.05, 0.1) is 6.10 Å². The maximum atomic E-state index is 13.1. The first kappa shape index (κ1) is 14.3. The first-order chi connectivity index (χ1) is 9.22. The average Bonchev–Trinajstić information content (AvgIpc) is 2.41. The van der Waals surface area contributed by atoms with Crippen molar-refractivity contribution in [3.05, 3.63) is 24.1 Å². The van der Waals surface area contributed by atoms with Gasteiger partial charge in [-0.05, 0) is 30.9 Å². The normalized spacial score (nSPS) is 23.6. The Hall–Kier alpha value is -1.16. The molecule has 2 heterocycles. The molecule has 2 atom stereocenters. The molecule has 19 heavy (non-hydrogen) atoms. The van der Waals surface area contributed by atoms with Crippen molar-refractivity contribution in [3.8, 4) is 0 Å². The zero-order chi connectivity index (χ0) is 13.7. The van der Waals surface area contributed by atoms with E-state index in [0.29, 0.717) is 23.9 Å². The van der Waals surface area contributed by atoms with Crippen LogP contribution in [0.1, 0.15) is 39.5 Å². The summed E-state index contributed by atoms with van der Waals surface area (Å²) in [7, 11) is 0. The predicted molar refractivity (Wildman–Crippen MR) is 74.7 cm³/mol. The molecule has 1 saturated heterocycles. The summed E-state index contributed by atoms with van der Waals surface area (Å²) in [6, 6.07) is 5.18. The van der Waals surface area contributed by atoms with Crippen LogP contribution >= 0.6 is 0 Å². The third-order valence-corrected chi connectivity index (χ3v) is 3.96. The van der Waals surface area contributed by atoms with E-state index in [1.165, 1.54) is 6.07 Å². The van der Waals surface area contributed by atoms with Crippen molar-refractivity contribution < 1.29 is 9.13 Å². The molecule has 0 radical (unpaired) electrons. The second-order valence-corrected chi connectivity index (χ2v) is 5.20. The lowest BCUT2D eigenvalue weighted by Crippen LogP contribution is -2.38. The van der Waals surface area contributed by atoms with Crippen LogP contribution in [-0.2, 0) is 4.74 Å². The average molecular weight is 266 g/mol.